The lowest BCUT2D eigenvalue weighted by molar-refractivity contribution is 0.102. The average Bonchev–Trinajstić information content (AvgIpc) is 2.63. The summed E-state index contributed by atoms with van der Waals surface area (Å²) in [6.07, 6.45) is -1.26. The van der Waals surface area contributed by atoms with Crippen LogP contribution in [-0.4, -0.2) is 53.5 Å². The maximum atomic E-state index is 11.5. The van der Waals surface area contributed by atoms with E-state index in [1.54, 1.807) is 11.6 Å². The number of methoxy groups -OCH3 is 1. The van der Waals surface area contributed by atoms with E-state index in [4.69, 9.17) is 4.74 Å². The average molecular weight is 267 g/mol. The molecule has 0 spiro atoms. The highest BCUT2D eigenvalue weighted by Crippen LogP contribution is 2.04. The lowest BCUT2D eigenvalue weighted by atomic mass is 10.2. The Balaban J connectivity index is 2.51. The molecule has 1 saturated heterocycles. The van der Waals surface area contributed by atoms with Gasteiger partial charge in [0.2, 0.25) is 0 Å². The maximum Gasteiger partial charge on any atom is 0.421 e. The topological polar surface area (TPSA) is 106 Å². The molecule has 9 heteroatoms. The first kappa shape index (κ1) is 14.2. The van der Waals surface area contributed by atoms with E-state index in [-0.39, 0.29) is 12.7 Å². The van der Waals surface area contributed by atoms with Crippen molar-refractivity contribution in [2.75, 3.05) is 26.8 Å². The molecule has 1 unspecified atom stereocenters. The van der Waals surface area contributed by atoms with Gasteiger partial charge in [-0.15, -0.1) is 0 Å². The molecule has 0 saturated carbocycles. The van der Waals surface area contributed by atoms with Gasteiger partial charge in [-0.25, -0.2) is 9.52 Å². The van der Waals surface area contributed by atoms with Gasteiger partial charge in [-0.3, -0.25) is 0 Å². The minimum atomic E-state index is -3.92. The monoisotopic (exact) mass is 267 g/mol. The van der Waals surface area contributed by atoms with Gasteiger partial charge in [0, 0.05) is 20.2 Å². The van der Waals surface area contributed by atoms with Crippen molar-refractivity contribution in [3.05, 3.63) is 0 Å². The van der Waals surface area contributed by atoms with Crippen molar-refractivity contribution in [2.45, 2.75) is 19.1 Å². The largest absolute Gasteiger partial charge is 0.449 e. The third-order valence-electron chi connectivity index (χ3n) is 2.26. The van der Waals surface area contributed by atoms with Crippen molar-refractivity contribution in [1.82, 2.24) is 14.8 Å². The number of carbonyl (C=O) groups excluding carboxylic acids is 1. The molecular formula is C8H17N3O5S. The Morgan fingerprint density at radius 3 is 2.76 bits per heavy atom. The van der Waals surface area contributed by atoms with Crippen LogP contribution in [0.5, 0.6) is 0 Å². The van der Waals surface area contributed by atoms with E-state index in [1.165, 1.54) is 7.11 Å². The fourth-order valence-electron chi connectivity index (χ4n) is 1.52. The third kappa shape index (κ3) is 4.46. The molecule has 0 aromatic rings. The fourth-order valence-corrected chi connectivity index (χ4v) is 2.49. The summed E-state index contributed by atoms with van der Waals surface area (Å²) >= 11 is 0. The zero-order valence-corrected chi connectivity index (χ0v) is 10.5. The van der Waals surface area contributed by atoms with E-state index in [0.29, 0.717) is 13.1 Å². The standard InChI is InChI=1S/C8H17N3O5S/c1-3-16-8(12)11-17(13,14)10-6-4-9-5-7(6)15-2/h6-7,9-10H,3-5H2,1-2H3,(H,11,12)/t6?,7-/m0/s1. The van der Waals surface area contributed by atoms with E-state index >= 15 is 0 Å². The molecule has 3 N–H and O–H groups in total. The third-order valence-corrected chi connectivity index (χ3v) is 3.31. The van der Waals surface area contributed by atoms with Crippen LogP contribution in [0.25, 0.3) is 0 Å². The molecule has 0 aliphatic carbocycles. The molecule has 0 aromatic carbocycles. The number of rotatable bonds is 5. The number of amides is 1. The molecule has 1 heterocycles. The van der Waals surface area contributed by atoms with Gasteiger partial charge in [-0.2, -0.15) is 13.1 Å². The molecule has 1 aliphatic rings. The molecule has 0 radical (unpaired) electrons. The quantitative estimate of drug-likeness (QED) is 0.563. The number of hydrogen-bond donors (Lipinski definition) is 3. The Hall–Kier alpha value is -0.900. The first-order valence-electron chi connectivity index (χ1n) is 5.19. The zero-order valence-electron chi connectivity index (χ0n) is 9.73. The Labute approximate surface area is 100 Å². The summed E-state index contributed by atoms with van der Waals surface area (Å²) in [6.45, 7) is 2.69. The summed E-state index contributed by atoms with van der Waals surface area (Å²) in [5.74, 6) is 0. The minimum absolute atomic E-state index is 0.104. The van der Waals surface area contributed by atoms with Crippen molar-refractivity contribution < 1.29 is 22.7 Å². The molecule has 1 rings (SSSR count). The van der Waals surface area contributed by atoms with Crippen LogP contribution >= 0.6 is 0 Å². The smallest absolute Gasteiger partial charge is 0.421 e. The Morgan fingerprint density at radius 2 is 2.18 bits per heavy atom. The second-order valence-electron chi connectivity index (χ2n) is 3.48. The van der Waals surface area contributed by atoms with Crippen molar-refractivity contribution in [3.63, 3.8) is 0 Å². The summed E-state index contributed by atoms with van der Waals surface area (Å²) in [5.41, 5.74) is 0. The number of hydrogen-bond acceptors (Lipinski definition) is 6. The van der Waals surface area contributed by atoms with Crippen LogP contribution in [0, 0.1) is 0 Å². The number of carbonyl (C=O) groups is 1. The Kier molecular flexibility index (Phi) is 5.12. The van der Waals surface area contributed by atoms with Crippen LogP contribution in [0.1, 0.15) is 6.92 Å². The molecule has 0 bridgehead atoms. The van der Waals surface area contributed by atoms with Crippen molar-refractivity contribution >= 4 is 16.3 Å². The van der Waals surface area contributed by atoms with Crippen LogP contribution in [0.2, 0.25) is 0 Å². The highest BCUT2D eigenvalue weighted by Gasteiger charge is 2.31. The first-order chi connectivity index (χ1) is 7.98. The highest BCUT2D eigenvalue weighted by atomic mass is 32.2. The summed E-state index contributed by atoms with van der Waals surface area (Å²) < 4.78 is 36.7. The van der Waals surface area contributed by atoms with E-state index in [2.05, 4.69) is 14.8 Å². The summed E-state index contributed by atoms with van der Waals surface area (Å²) in [4.78, 5) is 11.0. The molecule has 1 amide bonds. The number of ether oxygens (including phenoxy) is 2. The molecule has 1 aliphatic heterocycles. The molecule has 17 heavy (non-hydrogen) atoms. The molecular weight excluding hydrogens is 250 g/mol. The van der Waals surface area contributed by atoms with Crippen LogP contribution < -0.4 is 14.8 Å². The molecule has 100 valence electrons. The second-order valence-corrected chi connectivity index (χ2v) is 4.93. The molecule has 8 nitrogen and oxygen atoms in total. The van der Waals surface area contributed by atoms with Crippen molar-refractivity contribution in [1.29, 1.82) is 0 Å². The minimum Gasteiger partial charge on any atom is -0.449 e. The van der Waals surface area contributed by atoms with E-state index in [9.17, 15) is 13.2 Å². The van der Waals surface area contributed by atoms with E-state index in [1.807, 2.05) is 0 Å². The molecule has 1 fully saturated rings. The molecule has 2 atom stereocenters. The van der Waals surface area contributed by atoms with Gasteiger partial charge in [0.1, 0.15) is 0 Å². The number of nitrogens with one attached hydrogen (secondary N) is 3. The van der Waals surface area contributed by atoms with E-state index < -0.39 is 22.3 Å². The highest BCUT2D eigenvalue weighted by molar-refractivity contribution is 7.88. The lowest BCUT2D eigenvalue weighted by Crippen LogP contribution is -2.49. The predicted octanol–water partition coefficient (Wildman–Crippen LogP) is -1.45. The first-order valence-corrected chi connectivity index (χ1v) is 6.67. The predicted molar refractivity (Wildman–Crippen MR) is 59.7 cm³/mol. The van der Waals surface area contributed by atoms with Crippen LogP contribution in [0.4, 0.5) is 4.79 Å². The van der Waals surface area contributed by atoms with Crippen LogP contribution in [-0.2, 0) is 19.7 Å². The summed E-state index contributed by atoms with van der Waals surface area (Å²) in [7, 11) is -2.43. The van der Waals surface area contributed by atoms with Crippen LogP contribution in [0.3, 0.4) is 0 Å². The molecule has 0 aromatic heterocycles. The summed E-state index contributed by atoms with van der Waals surface area (Å²) in [6, 6.07) is -0.410. The Morgan fingerprint density at radius 1 is 1.47 bits per heavy atom. The van der Waals surface area contributed by atoms with E-state index in [0.717, 1.165) is 0 Å². The van der Waals surface area contributed by atoms with Gasteiger partial charge >= 0.3 is 16.3 Å². The summed E-state index contributed by atoms with van der Waals surface area (Å²) in [5, 5.41) is 2.98. The second kappa shape index (κ2) is 6.15. The van der Waals surface area contributed by atoms with Crippen LogP contribution in [0.15, 0.2) is 0 Å². The maximum absolute atomic E-state index is 11.5. The van der Waals surface area contributed by atoms with Crippen molar-refractivity contribution in [2.24, 2.45) is 0 Å². The Bertz CT molecular complexity index is 358. The van der Waals surface area contributed by atoms with Gasteiger partial charge < -0.3 is 14.8 Å². The fraction of sp³-hybridized carbons (Fsp3) is 0.875. The normalized spacial score (nSPS) is 24.6. The zero-order chi connectivity index (χ0) is 12.9. The van der Waals surface area contributed by atoms with Crippen molar-refractivity contribution in [3.8, 4) is 0 Å². The van der Waals surface area contributed by atoms with Gasteiger partial charge in [-0.1, -0.05) is 0 Å². The van der Waals surface area contributed by atoms with Gasteiger partial charge in [-0.05, 0) is 6.92 Å². The van der Waals surface area contributed by atoms with Gasteiger partial charge in [0.15, 0.2) is 0 Å². The lowest BCUT2D eigenvalue weighted by Gasteiger charge is -2.18. The SMILES string of the molecule is CCOC(=O)NS(=O)(=O)NC1CNC[C@@H]1OC. The van der Waals surface area contributed by atoms with Gasteiger partial charge in [0.05, 0.1) is 18.8 Å². The van der Waals surface area contributed by atoms with Gasteiger partial charge in [0.25, 0.3) is 0 Å².